The molecule has 3 rings (SSSR count). The Labute approximate surface area is 152 Å². The van der Waals surface area contributed by atoms with Crippen molar-refractivity contribution in [1.82, 2.24) is 4.98 Å². The Balaban J connectivity index is 1.73. The number of ether oxygens (including phenoxy) is 2. The molecular formula is C17H20N4O4S. The summed E-state index contributed by atoms with van der Waals surface area (Å²) >= 11 is 0. The number of pyridine rings is 1. The number of aliphatic imine (C=N–C) groups is 1. The lowest BCUT2D eigenvalue weighted by Gasteiger charge is -2.11. The van der Waals surface area contributed by atoms with Crippen molar-refractivity contribution < 1.29 is 17.9 Å². The second kappa shape index (κ2) is 7.61. The first kappa shape index (κ1) is 18.0. The van der Waals surface area contributed by atoms with Crippen LogP contribution in [0.25, 0.3) is 0 Å². The van der Waals surface area contributed by atoms with Crippen LogP contribution in [0.15, 0.2) is 46.4 Å². The molecule has 0 unspecified atom stereocenters. The number of aromatic nitrogens is 1. The molecule has 1 aromatic carbocycles. The normalized spacial score (nSPS) is 14.6. The Bertz CT molecular complexity index is 928. The van der Waals surface area contributed by atoms with Gasteiger partial charge in [-0.15, -0.1) is 0 Å². The van der Waals surface area contributed by atoms with Crippen molar-refractivity contribution in [2.24, 2.45) is 10.7 Å². The largest absolute Gasteiger partial charge is 0.490 e. The number of fused-ring (bicyclic) bond motifs is 1. The maximum atomic E-state index is 11.8. The number of hydrogen-bond donors (Lipinski definition) is 2. The Morgan fingerprint density at radius 1 is 1.27 bits per heavy atom. The van der Waals surface area contributed by atoms with E-state index < -0.39 is 9.84 Å². The van der Waals surface area contributed by atoms with Gasteiger partial charge in [-0.05, 0) is 24.3 Å². The number of nitrogens with two attached hydrogens (primary N) is 1. The summed E-state index contributed by atoms with van der Waals surface area (Å²) in [5.74, 6) is 1.48. The molecule has 0 amide bonds. The third-order valence-corrected chi connectivity index (χ3v) is 4.84. The van der Waals surface area contributed by atoms with Gasteiger partial charge in [0.15, 0.2) is 27.3 Å². The summed E-state index contributed by atoms with van der Waals surface area (Å²) in [5.41, 5.74) is 6.95. The van der Waals surface area contributed by atoms with Gasteiger partial charge < -0.3 is 20.5 Å². The van der Waals surface area contributed by atoms with Crippen LogP contribution in [0.4, 0.5) is 5.69 Å². The van der Waals surface area contributed by atoms with Crippen molar-refractivity contribution in [1.29, 1.82) is 0 Å². The van der Waals surface area contributed by atoms with Gasteiger partial charge in [-0.25, -0.2) is 13.4 Å². The highest BCUT2D eigenvalue weighted by atomic mass is 32.2. The topological polar surface area (TPSA) is 116 Å². The second-order valence-electron chi connectivity index (χ2n) is 5.76. The van der Waals surface area contributed by atoms with Gasteiger partial charge in [0.05, 0.1) is 30.3 Å². The average molecular weight is 376 g/mol. The molecule has 0 aliphatic carbocycles. The zero-order valence-corrected chi connectivity index (χ0v) is 15.1. The number of hydrogen-bond acceptors (Lipinski definition) is 6. The van der Waals surface area contributed by atoms with Crippen LogP contribution >= 0.6 is 0 Å². The monoisotopic (exact) mass is 376 g/mol. The van der Waals surface area contributed by atoms with E-state index in [0.717, 1.165) is 12.7 Å². The first-order valence-electron chi connectivity index (χ1n) is 8.04. The van der Waals surface area contributed by atoms with Gasteiger partial charge in [0.25, 0.3) is 0 Å². The van der Waals surface area contributed by atoms with Crippen LogP contribution in [-0.2, 0) is 16.4 Å². The van der Waals surface area contributed by atoms with Gasteiger partial charge in [0.1, 0.15) is 0 Å². The van der Waals surface area contributed by atoms with E-state index in [4.69, 9.17) is 15.2 Å². The standard InChI is InChI=1S/C17H20N4O4S/c1-26(22,23)16-4-2-7-19-13(16)11-20-17(18)21-12-5-6-14-15(10-12)25-9-3-8-24-14/h2,4-7,10H,3,8-9,11H2,1H3,(H3,18,20,21). The van der Waals surface area contributed by atoms with Gasteiger partial charge in [-0.3, -0.25) is 4.98 Å². The summed E-state index contributed by atoms with van der Waals surface area (Å²) in [6.07, 6.45) is 3.48. The molecule has 0 saturated carbocycles. The van der Waals surface area contributed by atoms with Crippen molar-refractivity contribution >= 4 is 21.5 Å². The van der Waals surface area contributed by atoms with Gasteiger partial charge in [-0.1, -0.05) is 0 Å². The van der Waals surface area contributed by atoms with E-state index in [0.29, 0.717) is 36.1 Å². The van der Waals surface area contributed by atoms with Crippen LogP contribution < -0.4 is 20.5 Å². The predicted octanol–water partition coefficient (Wildman–Crippen LogP) is 1.57. The van der Waals surface area contributed by atoms with Crippen LogP contribution in [0.2, 0.25) is 0 Å². The highest BCUT2D eigenvalue weighted by Gasteiger charge is 2.14. The zero-order valence-electron chi connectivity index (χ0n) is 14.3. The molecule has 0 saturated heterocycles. The molecular weight excluding hydrogens is 356 g/mol. The molecule has 0 spiro atoms. The minimum absolute atomic E-state index is 0.0482. The number of rotatable bonds is 4. The Kier molecular flexibility index (Phi) is 5.27. The van der Waals surface area contributed by atoms with E-state index in [1.165, 1.54) is 12.3 Å². The van der Waals surface area contributed by atoms with E-state index >= 15 is 0 Å². The van der Waals surface area contributed by atoms with E-state index in [9.17, 15) is 8.42 Å². The maximum absolute atomic E-state index is 11.8. The molecule has 2 aromatic rings. The molecule has 3 N–H and O–H groups in total. The van der Waals surface area contributed by atoms with Gasteiger partial charge >= 0.3 is 0 Å². The van der Waals surface area contributed by atoms with Crippen LogP contribution in [0.5, 0.6) is 11.5 Å². The number of nitrogens with zero attached hydrogens (tertiary/aromatic N) is 2. The zero-order chi connectivity index (χ0) is 18.6. The van der Waals surface area contributed by atoms with E-state index in [1.54, 1.807) is 24.3 Å². The van der Waals surface area contributed by atoms with E-state index in [1.807, 2.05) is 0 Å². The molecule has 8 nitrogen and oxygen atoms in total. The third kappa shape index (κ3) is 4.42. The summed E-state index contributed by atoms with van der Waals surface area (Å²) in [4.78, 5) is 8.41. The molecule has 0 bridgehead atoms. The summed E-state index contributed by atoms with van der Waals surface area (Å²) in [5, 5.41) is 2.96. The van der Waals surface area contributed by atoms with Crippen LogP contribution in [0, 0.1) is 0 Å². The lowest BCUT2D eigenvalue weighted by atomic mass is 10.3. The molecule has 1 aromatic heterocycles. The minimum Gasteiger partial charge on any atom is -0.490 e. The summed E-state index contributed by atoms with van der Waals surface area (Å²) in [6.45, 7) is 1.26. The van der Waals surface area contributed by atoms with Crippen molar-refractivity contribution in [2.75, 3.05) is 24.8 Å². The van der Waals surface area contributed by atoms with Crippen molar-refractivity contribution in [2.45, 2.75) is 17.9 Å². The number of benzene rings is 1. The highest BCUT2D eigenvalue weighted by molar-refractivity contribution is 7.90. The summed E-state index contributed by atoms with van der Waals surface area (Å²) in [6, 6.07) is 8.46. The molecule has 1 aliphatic heterocycles. The lowest BCUT2D eigenvalue weighted by Crippen LogP contribution is -2.22. The fourth-order valence-electron chi connectivity index (χ4n) is 2.47. The van der Waals surface area contributed by atoms with Crippen LogP contribution in [0.1, 0.15) is 12.1 Å². The molecule has 0 fully saturated rings. The summed E-state index contributed by atoms with van der Waals surface area (Å²) in [7, 11) is -3.38. The molecule has 9 heteroatoms. The Hall–Kier alpha value is -2.81. The Morgan fingerprint density at radius 2 is 2.04 bits per heavy atom. The number of guanidine groups is 1. The smallest absolute Gasteiger partial charge is 0.193 e. The van der Waals surface area contributed by atoms with Crippen molar-refractivity contribution in [3.63, 3.8) is 0 Å². The van der Waals surface area contributed by atoms with Gasteiger partial charge in [0, 0.05) is 30.6 Å². The molecule has 26 heavy (non-hydrogen) atoms. The van der Waals surface area contributed by atoms with Crippen molar-refractivity contribution in [3.05, 3.63) is 42.2 Å². The quantitative estimate of drug-likeness (QED) is 0.614. The second-order valence-corrected chi connectivity index (χ2v) is 7.74. The fourth-order valence-corrected chi connectivity index (χ4v) is 3.34. The van der Waals surface area contributed by atoms with E-state index in [2.05, 4.69) is 15.3 Å². The fraction of sp³-hybridized carbons (Fsp3) is 0.294. The first-order chi connectivity index (χ1) is 12.4. The molecule has 2 heterocycles. The minimum atomic E-state index is -3.38. The molecule has 138 valence electrons. The van der Waals surface area contributed by atoms with E-state index in [-0.39, 0.29) is 17.4 Å². The number of sulfone groups is 1. The summed E-state index contributed by atoms with van der Waals surface area (Å²) < 4.78 is 34.8. The highest BCUT2D eigenvalue weighted by Crippen LogP contribution is 2.32. The van der Waals surface area contributed by atoms with Crippen LogP contribution in [0.3, 0.4) is 0 Å². The van der Waals surface area contributed by atoms with Crippen LogP contribution in [-0.4, -0.2) is 38.8 Å². The SMILES string of the molecule is CS(=O)(=O)c1cccnc1CN=C(N)Nc1ccc2c(c1)OCCCO2. The number of nitrogens with one attached hydrogen (secondary N) is 1. The maximum Gasteiger partial charge on any atom is 0.193 e. The molecule has 1 aliphatic rings. The number of anilines is 1. The third-order valence-electron chi connectivity index (χ3n) is 3.67. The molecule has 0 atom stereocenters. The Morgan fingerprint density at radius 3 is 2.81 bits per heavy atom. The average Bonchev–Trinajstić information content (AvgIpc) is 2.84. The molecule has 0 radical (unpaired) electrons. The van der Waals surface area contributed by atoms with Gasteiger partial charge in [-0.2, -0.15) is 0 Å². The predicted molar refractivity (Wildman–Crippen MR) is 98.3 cm³/mol. The van der Waals surface area contributed by atoms with Crippen molar-refractivity contribution in [3.8, 4) is 11.5 Å². The lowest BCUT2D eigenvalue weighted by molar-refractivity contribution is 0.297. The first-order valence-corrected chi connectivity index (χ1v) is 9.93. The van der Waals surface area contributed by atoms with Gasteiger partial charge in [0.2, 0.25) is 0 Å².